The van der Waals surface area contributed by atoms with Crippen molar-refractivity contribution in [1.29, 1.82) is 0 Å². The van der Waals surface area contributed by atoms with Crippen LogP contribution < -0.4 is 0 Å². The molecule has 1 aliphatic heterocycles. The Morgan fingerprint density at radius 3 is 2.33 bits per heavy atom. The van der Waals surface area contributed by atoms with E-state index >= 15 is 0 Å². The molecule has 0 aromatic rings. The summed E-state index contributed by atoms with van der Waals surface area (Å²) >= 11 is 0. The monoisotopic (exact) mass is 182 g/mol. The van der Waals surface area contributed by atoms with Gasteiger partial charge < -0.3 is 25.2 Å². The highest BCUT2D eigenvalue weighted by atomic mass is 19.1. The normalized spacial score (nSPS) is 44.8. The zero-order chi connectivity index (χ0) is 9.30. The summed E-state index contributed by atoms with van der Waals surface area (Å²) in [7, 11) is 0. The lowest BCUT2D eigenvalue weighted by Gasteiger charge is -2.16. The molecule has 0 saturated carbocycles. The average molecular weight is 182 g/mol. The van der Waals surface area contributed by atoms with E-state index < -0.39 is 37.4 Å². The number of alkyl halides is 1. The van der Waals surface area contributed by atoms with Gasteiger partial charge in [-0.3, -0.25) is 0 Å². The van der Waals surface area contributed by atoms with Gasteiger partial charge in [0.2, 0.25) is 0 Å². The van der Waals surface area contributed by atoms with Gasteiger partial charge in [-0.1, -0.05) is 0 Å². The third-order valence-corrected chi connectivity index (χ3v) is 1.80. The van der Waals surface area contributed by atoms with Crippen LogP contribution in [-0.4, -0.2) is 57.8 Å². The van der Waals surface area contributed by atoms with Gasteiger partial charge in [0, 0.05) is 0 Å². The molecule has 4 N–H and O–H groups in total. The van der Waals surface area contributed by atoms with E-state index in [4.69, 9.17) is 20.4 Å². The van der Waals surface area contributed by atoms with Crippen molar-refractivity contribution in [1.82, 2.24) is 0 Å². The molecule has 0 aliphatic carbocycles. The van der Waals surface area contributed by atoms with E-state index in [0.29, 0.717) is 0 Å². The van der Waals surface area contributed by atoms with Crippen LogP contribution in [0.15, 0.2) is 0 Å². The Morgan fingerprint density at radius 1 is 1.42 bits per heavy atom. The number of rotatable bonds is 2. The molecule has 6 heteroatoms. The molecule has 1 heterocycles. The number of aliphatic hydroxyl groups excluding tert-OH is 4. The number of halogens is 1. The van der Waals surface area contributed by atoms with Crippen molar-refractivity contribution in [2.24, 2.45) is 0 Å². The van der Waals surface area contributed by atoms with Crippen molar-refractivity contribution in [3.8, 4) is 0 Å². The quantitative estimate of drug-likeness (QED) is 0.387. The van der Waals surface area contributed by atoms with Crippen LogP contribution in [0, 0.1) is 0 Å². The van der Waals surface area contributed by atoms with Crippen molar-refractivity contribution in [3.05, 3.63) is 0 Å². The molecule has 5 nitrogen and oxygen atoms in total. The van der Waals surface area contributed by atoms with Crippen LogP contribution in [0.4, 0.5) is 4.39 Å². The van der Waals surface area contributed by atoms with Crippen LogP contribution in [0.5, 0.6) is 0 Å². The highest BCUT2D eigenvalue weighted by Crippen LogP contribution is 2.24. The van der Waals surface area contributed by atoms with E-state index in [1.807, 2.05) is 0 Å². The van der Waals surface area contributed by atoms with Gasteiger partial charge in [-0.15, -0.1) is 0 Å². The predicted octanol–water partition coefficient (Wildman–Crippen LogP) is -2.24. The molecule has 72 valence electrons. The molecule has 0 aromatic carbocycles. The molecule has 0 aromatic heterocycles. The highest BCUT2D eigenvalue weighted by molar-refractivity contribution is 4.90. The number of hydrogen-bond donors (Lipinski definition) is 4. The van der Waals surface area contributed by atoms with E-state index in [9.17, 15) is 4.39 Å². The Labute approximate surface area is 68.0 Å². The number of hydrogen-bond acceptors (Lipinski definition) is 5. The first kappa shape index (κ1) is 9.82. The molecule has 0 bridgehead atoms. The van der Waals surface area contributed by atoms with E-state index in [1.165, 1.54) is 0 Å². The van der Waals surface area contributed by atoms with Crippen molar-refractivity contribution in [2.45, 2.75) is 30.8 Å². The Hall–Kier alpha value is -0.270. The minimum Gasteiger partial charge on any atom is -0.394 e. The summed E-state index contributed by atoms with van der Waals surface area (Å²) in [4.78, 5) is 0. The lowest BCUT2D eigenvalue weighted by molar-refractivity contribution is -0.149. The van der Waals surface area contributed by atoms with Gasteiger partial charge >= 0.3 is 0 Å². The third kappa shape index (κ3) is 1.57. The Kier molecular flexibility index (Phi) is 2.97. The minimum atomic E-state index is -1.87. The molecular formula is C6H11FO5. The summed E-state index contributed by atoms with van der Waals surface area (Å²) in [6.45, 7) is -0.676. The molecule has 0 unspecified atom stereocenters. The van der Waals surface area contributed by atoms with Crippen molar-refractivity contribution in [2.75, 3.05) is 6.61 Å². The highest BCUT2D eigenvalue weighted by Gasteiger charge is 2.46. The first-order valence-corrected chi connectivity index (χ1v) is 3.52. The third-order valence-electron chi connectivity index (χ3n) is 1.80. The van der Waals surface area contributed by atoms with Gasteiger partial charge in [-0.05, 0) is 0 Å². The second-order valence-corrected chi connectivity index (χ2v) is 2.68. The summed E-state index contributed by atoms with van der Waals surface area (Å²) in [6.07, 6.45) is -7.95. The second kappa shape index (κ2) is 3.63. The maximum atomic E-state index is 12.9. The second-order valence-electron chi connectivity index (χ2n) is 2.68. The van der Waals surface area contributed by atoms with Crippen LogP contribution in [0.2, 0.25) is 0 Å². The van der Waals surface area contributed by atoms with Crippen LogP contribution in [0.1, 0.15) is 0 Å². The standard InChI is InChI=1S/C6H11FO5/c7-3-4(10)6(11)12-5(3)2(9)1-8/h2-6,8-11H,1H2/t2-,3-,4+,5+,6-/m0/s1. The van der Waals surface area contributed by atoms with Crippen LogP contribution in [0.3, 0.4) is 0 Å². The van der Waals surface area contributed by atoms with E-state index in [2.05, 4.69) is 4.74 Å². The maximum absolute atomic E-state index is 12.9. The topological polar surface area (TPSA) is 90.2 Å². The maximum Gasteiger partial charge on any atom is 0.184 e. The van der Waals surface area contributed by atoms with Crippen LogP contribution in [0.25, 0.3) is 0 Å². The molecular weight excluding hydrogens is 171 g/mol. The lowest BCUT2D eigenvalue weighted by Crippen LogP contribution is -2.37. The summed E-state index contributed by atoms with van der Waals surface area (Å²) in [6, 6.07) is 0. The van der Waals surface area contributed by atoms with Crippen molar-refractivity contribution < 1.29 is 29.6 Å². The molecule has 1 saturated heterocycles. The van der Waals surface area contributed by atoms with Crippen LogP contribution in [-0.2, 0) is 4.74 Å². The molecule has 1 aliphatic rings. The SMILES string of the molecule is OC[C@H](O)[C@H]1O[C@H](O)[C@H](O)[C@@H]1F. The molecule has 0 spiro atoms. The van der Waals surface area contributed by atoms with Gasteiger partial charge in [0.25, 0.3) is 0 Å². The molecule has 1 fully saturated rings. The summed E-state index contributed by atoms with van der Waals surface area (Å²) in [5.41, 5.74) is 0. The first-order valence-electron chi connectivity index (χ1n) is 3.52. The predicted molar refractivity (Wildman–Crippen MR) is 34.9 cm³/mol. The smallest absolute Gasteiger partial charge is 0.184 e. The largest absolute Gasteiger partial charge is 0.394 e. The van der Waals surface area contributed by atoms with Crippen molar-refractivity contribution >= 4 is 0 Å². The fourth-order valence-electron chi connectivity index (χ4n) is 1.07. The zero-order valence-corrected chi connectivity index (χ0v) is 6.17. The summed E-state index contributed by atoms with van der Waals surface area (Å²) in [5, 5.41) is 35.0. The van der Waals surface area contributed by atoms with E-state index in [1.54, 1.807) is 0 Å². The van der Waals surface area contributed by atoms with Crippen LogP contribution >= 0.6 is 0 Å². The fraction of sp³-hybridized carbons (Fsp3) is 1.00. The fourth-order valence-corrected chi connectivity index (χ4v) is 1.07. The Bertz CT molecular complexity index is 155. The number of ether oxygens (including phenoxy) is 1. The summed E-state index contributed by atoms with van der Waals surface area (Å²) in [5.74, 6) is 0. The van der Waals surface area contributed by atoms with Gasteiger partial charge in [0.05, 0.1) is 6.61 Å². The molecule has 0 radical (unpaired) electrons. The molecule has 5 atom stereocenters. The van der Waals surface area contributed by atoms with Crippen molar-refractivity contribution in [3.63, 3.8) is 0 Å². The van der Waals surface area contributed by atoms with Gasteiger partial charge in [0.1, 0.15) is 18.3 Å². The molecule has 0 amide bonds. The minimum absolute atomic E-state index is 0.676. The molecule has 1 rings (SSSR count). The van der Waals surface area contributed by atoms with Gasteiger partial charge in [-0.2, -0.15) is 0 Å². The Balaban J connectivity index is 2.58. The lowest BCUT2D eigenvalue weighted by atomic mass is 10.1. The first-order chi connectivity index (χ1) is 5.57. The average Bonchev–Trinajstić information content (AvgIpc) is 2.32. The zero-order valence-electron chi connectivity index (χ0n) is 6.17. The van der Waals surface area contributed by atoms with Gasteiger partial charge in [-0.25, -0.2) is 4.39 Å². The summed E-state index contributed by atoms with van der Waals surface area (Å²) < 4.78 is 17.3. The Morgan fingerprint density at radius 2 is 2.00 bits per heavy atom. The number of aliphatic hydroxyl groups is 4. The molecule has 12 heavy (non-hydrogen) atoms. The van der Waals surface area contributed by atoms with E-state index in [0.717, 1.165) is 0 Å². The van der Waals surface area contributed by atoms with E-state index in [-0.39, 0.29) is 0 Å². The van der Waals surface area contributed by atoms with Gasteiger partial charge in [0.15, 0.2) is 12.5 Å².